The molecule has 7 heteroatoms. The van der Waals surface area contributed by atoms with Gasteiger partial charge in [-0.1, -0.05) is 17.3 Å². The Labute approximate surface area is 181 Å². The van der Waals surface area contributed by atoms with Gasteiger partial charge in [0.25, 0.3) is 0 Å². The van der Waals surface area contributed by atoms with Crippen molar-refractivity contribution in [2.45, 2.75) is 38.0 Å². The van der Waals surface area contributed by atoms with Crippen LogP contribution in [0.3, 0.4) is 0 Å². The van der Waals surface area contributed by atoms with Crippen LogP contribution in [-0.4, -0.2) is 53.5 Å². The van der Waals surface area contributed by atoms with Crippen molar-refractivity contribution in [1.82, 2.24) is 15.4 Å². The van der Waals surface area contributed by atoms with Crippen LogP contribution in [0.25, 0.3) is 11.0 Å². The molecule has 3 unspecified atom stereocenters. The molecule has 5 rings (SSSR count). The minimum absolute atomic E-state index is 0.0268. The number of aliphatic hydroxyl groups excluding tert-OH is 1. The van der Waals surface area contributed by atoms with Gasteiger partial charge in [-0.25, -0.2) is 4.39 Å². The lowest BCUT2D eigenvalue weighted by molar-refractivity contribution is 0.0275. The molecule has 0 radical (unpaired) electrons. The summed E-state index contributed by atoms with van der Waals surface area (Å²) in [4.78, 5) is 2.56. The molecule has 2 N–H and O–H groups in total. The van der Waals surface area contributed by atoms with Gasteiger partial charge in [0, 0.05) is 49.9 Å². The third-order valence-electron chi connectivity index (χ3n) is 6.61. The normalized spacial score (nSPS) is 22.9. The molecular weight excluding hydrogens is 397 g/mol. The van der Waals surface area contributed by atoms with Crippen LogP contribution in [0, 0.1) is 11.7 Å². The molecule has 0 amide bonds. The average Bonchev–Trinajstić information content (AvgIpc) is 3.20. The van der Waals surface area contributed by atoms with Gasteiger partial charge in [-0.2, -0.15) is 0 Å². The number of nitrogens with zero attached hydrogens (tertiary/aromatic N) is 2. The summed E-state index contributed by atoms with van der Waals surface area (Å²) in [5.41, 5.74) is 2.12. The predicted octanol–water partition coefficient (Wildman–Crippen LogP) is 3.13. The van der Waals surface area contributed by atoms with Crippen LogP contribution < -0.4 is 10.1 Å². The Morgan fingerprint density at radius 2 is 2.19 bits per heavy atom. The highest BCUT2D eigenvalue weighted by molar-refractivity contribution is 5.79. The molecule has 0 spiro atoms. The zero-order valence-electron chi connectivity index (χ0n) is 17.5. The van der Waals surface area contributed by atoms with Crippen molar-refractivity contribution >= 4 is 11.0 Å². The number of nitrogens with one attached hydrogen (secondary N) is 1. The maximum atomic E-state index is 13.9. The summed E-state index contributed by atoms with van der Waals surface area (Å²) in [5, 5.41) is 17.9. The summed E-state index contributed by atoms with van der Waals surface area (Å²) in [5.74, 6) is 0.761. The number of ether oxygens (including phenoxy) is 1. The van der Waals surface area contributed by atoms with E-state index in [0.717, 1.165) is 56.0 Å². The monoisotopic (exact) mass is 425 g/mol. The molecule has 2 aromatic carbocycles. The maximum Gasteiger partial charge on any atom is 0.167 e. The molecule has 2 fully saturated rings. The van der Waals surface area contributed by atoms with Crippen LogP contribution >= 0.6 is 0 Å². The van der Waals surface area contributed by atoms with E-state index in [0.29, 0.717) is 29.3 Å². The van der Waals surface area contributed by atoms with E-state index >= 15 is 0 Å². The molecule has 0 aliphatic carbocycles. The van der Waals surface area contributed by atoms with E-state index < -0.39 is 0 Å². The van der Waals surface area contributed by atoms with E-state index in [1.165, 1.54) is 12.1 Å². The largest absolute Gasteiger partial charge is 0.490 e. The van der Waals surface area contributed by atoms with E-state index in [4.69, 9.17) is 9.26 Å². The Morgan fingerprint density at radius 1 is 1.26 bits per heavy atom. The van der Waals surface area contributed by atoms with E-state index in [2.05, 4.69) is 15.4 Å². The molecule has 2 saturated heterocycles. The molecule has 2 aliphatic heterocycles. The lowest BCUT2D eigenvalue weighted by Crippen LogP contribution is -2.56. The van der Waals surface area contributed by atoms with Crippen LogP contribution in [0.15, 0.2) is 47.0 Å². The molecule has 3 aromatic rings. The van der Waals surface area contributed by atoms with E-state index in [-0.39, 0.29) is 18.5 Å². The third kappa shape index (κ3) is 4.44. The molecule has 0 saturated carbocycles. The fourth-order valence-electron chi connectivity index (χ4n) is 4.93. The molecule has 6 nitrogen and oxygen atoms in total. The van der Waals surface area contributed by atoms with E-state index in [9.17, 15) is 9.50 Å². The standard InChI is InChI=1S/C24H28FN3O3/c25-18-5-7-23-21(11-18)22(27-31-23)12-24(30-20-3-1-2-16(10-20)15-29)17-4-6-19-13-26-8-9-28(19)14-17/h1-3,5,7,10-11,17,19,24,26,29H,4,6,8-9,12-15H2. The first kappa shape index (κ1) is 20.4. The van der Waals surface area contributed by atoms with Gasteiger partial charge in [0.15, 0.2) is 5.58 Å². The molecule has 31 heavy (non-hydrogen) atoms. The molecule has 164 valence electrons. The number of aromatic nitrogens is 1. The number of halogens is 1. The van der Waals surface area contributed by atoms with E-state index in [1.54, 1.807) is 6.07 Å². The first-order valence-electron chi connectivity index (χ1n) is 11.0. The average molecular weight is 426 g/mol. The van der Waals surface area contributed by atoms with Gasteiger partial charge in [0.05, 0.1) is 12.3 Å². The van der Waals surface area contributed by atoms with Crippen molar-refractivity contribution in [3.05, 3.63) is 59.5 Å². The minimum Gasteiger partial charge on any atom is -0.490 e. The molecule has 3 heterocycles. The quantitative estimate of drug-likeness (QED) is 0.632. The van der Waals surface area contributed by atoms with Gasteiger partial charge in [0.2, 0.25) is 0 Å². The first-order chi connectivity index (χ1) is 15.2. The van der Waals surface area contributed by atoms with Crippen molar-refractivity contribution in [1.29, 1.82) is 0 Å². The van der Waals surface area contributed by atoms with Crippen LogP contribution in [0.1, 0.15) is 24.1 Å². The van der Waals surface area contributed by atoms with Gasteiger partial charge >= 0.3 is 0 Å². The van der Waals surface area contributed by atoms with Crippen molar-refractivity contribution in [3.8, 4) is 5.75 Å². The number of piperidine rings is 1. The SMILES string of the molecule is OCc1cccc(OC(Cc2noc3ccc(F)cc23)C2CCC3CNCCN3C2)c1. The summed E-state index contributed by atoms with van der Waals surface area (Å²) in [7, 11) is 0. The van der Waals surface area contributed by atoms with Crippen LogP contribution in [-0.2, 0) is 13.0 Å². The Kier molecular flexibility index (Phi) is 5.89. The number of fused-ring (bicyclic) bond motifs is 2. The molecule has 1 aromatic heterocycles. The zero-order valence-corrected chi connectivity index (χ0v) is 17.5. The molecular formula is C24H28FN3O3. The summed E-state index contributed by atoms with van der Waals surface area (Å²) < 4.78 is 25.8. The topological polar surface area (TPSA) is 70.8 Å². The maximum absolute atomic E-state index is 13.9. The zero-order chi connectivity index (χ0) is 21.2. The van der Waals surface area contributed by atoms with Gasteiger partial charge in [-0.15, -0.1) is 0 Å². The number of aliphatic hydroxyl groups is 1. The number of hydrogen-bond acceptors (Lipinski definition) is 6. The van der Waals surface area contributed by atoms with E-state index in [1.807, 2.05) is 24.3 Å². The Morgan fingerprint density at radius 3 is 3.10 bits per heavy atom. The lowest BCUT2D eigenvalue weighted by Gasteiger charge is -2.44. The fourth-order valence-corrected chi connectivity index (χ4v) is 4.93. The number of piperazine rings is 1. The van der Waals surface area contributed by atoms with Crippen molar-refractivity contribution in [3.63, 3.8) is 0 Å². The second-order valence-electron chi connectivity index (χ2n) is 8.63. The van der Waals surface area contributed by atoms with Crippen LogP contribution in [0.4, 0.5) is 4.39 Å². The van der Waals surface area contributed by atoms with Crippen molar-refractivity contribution < 1.29 is 18.8 Å². The fraction of sp³-hybridized carbons (Fsp3) is 0.458. The third-order valence-corrected chi connectivity index (χ3v) is 6.61. The highest BCUT2D eigenvalue weighted by atomic mass is 19.1. The van der Waals surface area contributed by atoms with Gasteiger partial charge in [-0.3, -0.25) is 4.90 Å². The number of benzene rings is 2. The Bertz CT molecular complexity index is 1040. The smallest absolute Gasteiger partial charge is 0.167 e. The van der Waals surface area contributed by atoms with Crippen molar-refractivity contribution in [2.75, 3.05) is 26.2 Å². The summed E-state index contributed by atoms with van der Waals surface area (Å²) in [6, 6.07) is 12.6. The first-order valence-corrected chi connectivity index (χ1v) is 11.0. The predicted molar refractivity (Wildman–Crippen MR) is 115 cm³/mol. The molecule has 2 aliphatic rings. The van der Waals surface area contributed by atoms with Crippen LogP contribution in [0.5, 0.6) is 5.75 Å². The van der Waals surface area contributed by atoms with Gasteiger partial charge in [-0.05, 0) is 48.7 Å². The minimum atomic E-state index is -0.300. The summed E-state index contributed by atoms with van der Waals surface area (Å²) >= 11 is 0. The second-order valence-corrected chi connectivity index (χ2v) is 8.63. The highest BCUT2D eigenvalue weighted by Crippen LogP contribution is 2.31. The van der Waals surface area contributed by atoms with Gasteiger partial charge in [0.1, 0.15) is 17.7 Å². The molecule has 0 bridgehead atoms. The van der Waals surface area contributed by atoms with Crippen LogP contribution in [0.2, 0.25) is 0 Å². The summed E-state index contributed by atoms with van der Waals surface area (Å²) in [6.07, 6.45) is 2.61. The van der Waals surface area contributed by atoms with Gasteiger partial charge < -0.3 is 19.7 Å². The number of rotatable bonds is 6. The number of hydrogen-bond donors (Lipinski definition) is 2. The van der Waals surface area contributed by atoms with Crippen molar-refractivity contribution in [2.24, 2.45) is 5.92 Å². The summed E-state index contributed by atoms with van der Waals surface area (Å²) in [6.45, 7) is 4.05. The molecule has 3 atom stereocenters. The lowest BCUT2D eigenvalue weighted by atomic mass is 9.85. The Hall–Kier alpha value is -2.48. The highest BCUT2D eigenvalue weighted by Gasteiger charge is 2.35. The Balaban J connectivity index is 1.42. The second kappa shape index (κ2) is 8.94.